The molecule has 3 aromatic heterocycles. The molecule has 0 amide bonds. The first kappa shape index (κ1) is 12.8. The highest BCUT2D eigenvalue weighted by molar-refractivity contribution is 7.15. The van der Waals surface area contributed by atoms with Gasteiger partial charge in [0.25, 0.3) is 11.8 Å². The molecule has 1 atom stereocenters. The number of aromatic nitrogens is 2. The van der Waals surface area contributed by atoms with Crippen LogP contribution in [-0.4, -0.2) is 10.2 Å². The molecule has 0 saturated heterocycles. The van der Waals surface area contributed by atoms with Gasteiger partial charge in [-0.3, -0.25) is 0 Å². The van der Waals surface area contributed by atoms with Gasteiger partial charge in [-0.15, -0.1) is 21.5 Å². The van der Waals surface area contributed by atoms with Crippen molar-refractivity contribution >= 4 is 11.3 Å². The number of fused-ring (bicyclic) bond motifs is 1. The average Bonchev–Trinajstić information content (AvgIpc) is 3.23. The van der Waals surface area contributed by atoms with Gasteiger partial charge in [0.2, 0.25) is 0 Å². The Morgan fingerprint density at radius 1 is 1.33 bits per heavy atom. The predicted octanol–water partition coefficient (Wildman–Crippen LogP) is 4.57. The summed E-state index contributed by atoms with van der Waals surface area (Å²) in [6.07, 6.45) is 6.52. The summed E-state index contributed by atoms with van der Waals surface area (Å²) in [5.74, 6) is 2.46. The molecule has 4 rings (SSSR count). The van der Waals surface area contributed by atoms with Crippen LogP contribution in [0.4, 0.5) is 0 Å². The van der Waals surface area contributed by atoms with Gasteiger partial charge in [-0.25, -0.2) is 0 Å². The zero-order chi connectivity index (χ0) is 14.2. The number of nitrogens with zero attached hydrogens (tertiary/aromatic N) is 2. The van der Waals surface area contributed by atoms with Gasteiger partial charge in [0.1, 0.15) is 0 Å². The van der Waals surface area contributed by atoms with E-state index in [0.29, 0.717) is 17.5 Å². The molecule has 0 fully saturated rings. The minimum absolute atomic E-state index is 0.438. The van der Waals surface area contributed by atoms with Crippen molar-refractivity contribution in [3.8, 4) is 22.4 Å². The zero-order valence-electron chi connectivity index (χ0n) is 11.8. The molecular weight excluding hydrogens is 284 g/mol. The van der Waals surface area contributed by atoms with Crippen LogP contribution < -0.4 is 0 Å². The molecule has 0 bridgehead atoms. The van der Waals surface area contributed by atoms with Gasteiger partial charge in [0.15, 0.2) is 5.76 Å². The van der Waals surface area contributed by atoms with E-state index in [9.17, 15) is 0 Å². The van der Waals surface area contributed by atoms with Gasteiger partial charge in [0.05, 0.1) is 11.1 Å². The van der Waals surface area contributed by atoms with Crippen molar-refractivity contribution < 1.29 is 8.83 Å². The van der Waals surface area contributed by atoms with E-state index in [1.165, 1.54) is 36.1 Å². The largest absolute Gasteiger partial charge is 0.459 e. The van der Waals surface area contributed by atoms with Crippen molar-refractivity contribution in [3.05, 3.63) is 34.9 Å². The van der Waals surface area contributed by atoms with E-state index >= 15 is 0 Å². The van der Waals surface area contributed by atoms with Crippen LogP contribution in [0.25, 0.3) is 22.4 Å². The van der Waals surface area contributed by atoms with Crippen molar-refractivity contribution in [1.29, 1.82) is 0 Å². The molecule has 0 aromatic carbocycles. The maximum absolute atomic E-state index is 5.74. The Balaban J connectivity index is 1.64. The average molecular weight is 300 g/mol. The second-order valence-corrected chi connectivity index (χ2v) is 6.60. The maximum atomic E-state index is 5.74. The van der Waals surface area contributed by atoms with Crippen molar-refractivity contribution in [1.82, 2.24) is 10.2 Å². The Labute approximate surface area is 126 Å². The van der Waals surface area contributed by atoms with Crippen LogP contribution in [-0.2, 0) is 12.8 Å². The Kier molecular flexibility index (Phi) is 3.15. The number of aryl methyl sites for hydroxylation is 1. The molecule has 1 aliphatic rings. The van der Waals surface area contributed by atoms with E-state index in [1.807, 2.05) is 12.1 Å². The summed E-state index contributed by atoms with van der Waals surface area (Å²) in [5, 5.41) is 8.23. The molecule has 21 heavy (non-hydrogen) atoms. The number of furan rings is 1. The van der Waals surface area contributed by atoms with E-state index in [-0.39, 0.29) is 0 Å². The Bertz CT molecular complexity index is 742. The Morgan fingerprint density at radius 2 is 2.24 bits per heavy atom. The van der Waals surface area contributed by atoms with Crippen LogP contribution >= 0.6 is 11.3 Å². The predicted molar refractivity (Wildman–Crippen MR) is 81.1 cm³/mol. The minimum atomic E-state index is 0.438. The monoisotopic (exact) mass is 300 g/mol. The second-order valence-electron chi connectivity index (χ2n) is 5.47. The SMILES string of the molecule is CCC1CCc2sc(-c3nnc(-c4ccco4)o3)cc2C1. The van der Waals surface area contributed by atoms with Crippen LogP contribution in [0, 0.1) is 5.92 Å². The normalized spacial score (nSPS) is 17.9. The molecule has 3 aromatic rings. The molecule has 0 radical (unpaired) electrons. The highest BCUT2D eigenvalue weighted by Gasteiger charge is 2.22. The standard InChI is InChI=1S/C16H16N2O2S/c1-2-10-5-6-13-11(8-10)9-14(21-13)16-18-17-15(20-16)12-4-3-7-19-12/h3-4,7,9-10H,2,5-6,8H2,1H3. The lowest BCUT2D eigenvalue weighted by Crippen LogP contribution is -2.10. The van der Waals surface area contributed by atoms with E-state index in [4.69, 9.17) is 8.83 Å². The van der Waals surface area contributed by atoms with Crippen LogP contribution in [0.5, 0.6) is 0 Å². The lowest BCUT2D eigenvalue weighted by molar-refractivity contribution is 0.449. The highest BCUT2D eigenvalue weighted by atomic mass is 32.1. The Morgan fingerprint density at radius 3 is 3.05 bits per heavy atom. The van der Waals surface area contributed by atoms with Crippen molar-refractivity contribution in [2.45, 2.75) is 32.6 Å². The van der Waals surface area contributed by atoms with Gasteiger partial charge in [-0.05, 0) is 48.9 Å². The summed E-state index contributed by atoms with van der Waals surface area (Å²) < 4.78 is 11.0. The van der Waals surface area contributed by atoms with Crippen LogP contribution in [0.15, 0.2) is 33.3 Å². The molecule has 0 spiro atoms. The van der Waals surface area contributed by atoms with Crippen LogP contribution in [0.1, 0.15) is 30.2 Å². The molecule has 1 aliphatic carbocycles. The van der Waals surface area contributed by atoms with E-state index < -0.39 is 0 Å². The summed E-state index contributed by atoms with van der Waals surface area (Å²) in [6, 6.07) is 5.86. The summed E-state index contributed by atoms with van der Waals surface area (Å²) in [4.78, 5) is 2.55. The van der Waals surface area contributed by atoms with Crippen molar-refractivity contribution in [2.75, 3.05) is 0 Å². The molecule has 108 valence electrons. The minimum Gasteiger partial charge on any atom is -0.459 e. The summed E-state index contributed by atoms with van der Waals surface area (Å²) in [5.41, 5.74) is 1.46. The fourth-order valence-corrected chi connectivity index (χ4v) is 4.01. The fourth-order valence-electron chi connectivity index (χ4n) is 2.88. The van der Waals surface area contributed by atoms with Crippen LogP contribution in [0.3, 0.4) is 0 Å². The molecule has 0 aliphatic heterocycles. The van der Waals surface area contributed by atoms with Crippen LogP contribution in [0.2, 0.25) is 0 Å². The van der Waals surface area contributed by atoms with Gasteiger partial charge in [-0.1, -0.05) is 13.3 Å². The number of hydrogen-bond acceptors (Lipinski definition) is 5. The molecule has 1 unspecified atom stereocenters. The second kappa shape index (κ2) is 5.15. The molecule has 0 N–H and O–H groups in total. The summed E-state index contributed by atoms with van der Waals surface area (Å²) >= 11 is 1.78. The highest BCUT2D eigenvalue weighted by Crippen LogP contribution is 2.38. The van der Waals surface area contributed by atoms with Crippen molar-refractivity contribution in [2.24, 2.45) is 5.92 Å². The molecule has 3 heterocycles. The lowest BCUT2D eigenvalue weighted by atomic mass is 9.87. The molecule has 0 saturated carbocycles. The summed E-state index contributed by atoms with van der Waals surface area (Å²) in [7, 11) is 0. The lowest BCUT2D eigenvalue weighted by Gasteiger charge is -2.19. The molecular formula is C16H16N2O2S. The third-order valence-electron chi connectivity index (χ3n) is 4.13. The fraction of sp³-hybridized carbons (Fsp3) is 0.375. The third-order valence-corrected chi connectivity index (χ3v) is 5.36. The topological polar surface area (TPSA) is 52.1 Å². The van der Waals surface area contributed by atoms with Gasteiger partial charge >= 0.3 is 0 Å². The van der Waals surface area contributed by atoms with Gasteiger partial charge < -0.3 is 8.83 Å². The zero-order valence-corrected chi connectivity index (χ0v) is 12.7. The van der Waals surface area contributed by atoms with Gasteiger partial charge in [0, 0.05) is 4.88 Å². The molecule has 4 nitrogen and oxygen atoms in total. The molecule has 5 heteroatoms. The first-order chi connectivity index (χ1) is 10.3. The number of rotatable bonds is 3. The van der Waals surface area contributed by atoms with E-state index in [2.05, 4.69) is 23.2 Å². The third kappa shape index (κ3) is 2.31. The quantitative estimate of drug-likeness (QED) is 0.711. The first-order valence-electron chi connectivity index (χ1n) is 7.33. The smallest absolute Gasteiger partial charge is 0.283 e. The number of thiophene rings is 1. The van der Waals surface area contributed by atoms with E-state index in [1.54, 1.807) is 17.6 Å². The van der Waals surface area contributed by atoms with E-state index in [0.717, 1.165) is 10.8 Å². The summed E-state index contributed by atoms with van der Waals surface area (Å²) in [6.45, 7) is 2.27. The first-order valence-corrected chi connectivity index (χ1v) is 8.14. The van der Waals surface area contributed by atoms with Crippen molar-refractivity contribution in [3.63, 3.8) is 0 Å². The number of hydrogen-bond donors (Lipinski definition) is 0. The van der Waals surface area contributed by atoms with Gasteiger partial charge in [-0.2, -0.15) is 0 Å². The maximum Gasteiger partial charge on any atom is 0.283 e. The Hall–Kier alpha value is -1.88.